The Balaban J connectivity index is 1.78. The molecule has 4 heterocycles. The fourth-order valence-electron chi connectivity index (χ4n) is 3.78. The highest BCUT2D eigenvalue weighted by atomic mass is 19.1. The molecule has 0 unspecified atom stereocenters. The van der Waals surface area contributed by atoms with Crippen LogP contribution in [0.2, 0.25) is 0 Å². The van der Waals surface area contributed by atoms with Crippen molar-refractivity contribution in [1.29, 1.82) is 0 Å². The number of ether oxygens (including phenoxy) is 1. The Hall–Kier alpha value is -3.74. The van der Waals surface area contributed by atoms with Gasteiger partial charge in [-0.05, 0) is 35.9 Å². The van der Waals surface area contributed by atoms with Gasteiger partial charge in [-0.2, -0.15) is 5.10 Å². The number of halogens is 1. The predicted octanol–water partition coefficient (Wildman–Crippen LogP) is 3.75. The van der Waals surface area contributed by atoms with E-state index >= 15 is 0 Å². The molecule has 144 valence electrons. The molecule has 29 heavy (non-hydrogen) atoms. The Labute approximate surface area is 166 Å². The van der Waals surface area contributed by atoms with Crippen LogP contribution in [0, 0.1) is 5.82 Å². The SMILES string of the molecule is Cn1ncc2c1-c1cnc(N)c(c1)OCc1cc(F)ccc1-c1ncccc1C2. The van der Waals surface area contributed by atoms with Crippen LogP contribution in [0.5, 0.6) is 5.75 Å². The molecule has 1 aliphatic heterocycles. The van der Waals surface area contributed by atoms with Crippen molar-refractivity contribution in [2.24, 2.45) is 7.05 Å². The van der Waals surface area contributed by atoms with Crippen LogP contribution in [-0.2, 0) is 20.1 Å². The number of fused-ring (bicyclic) bond motifs is 7. The van der Waals surface area contributed by atoms with E-state index in [2.05, 4.69) is 15.1 Å². The van der Waals surface area contributed by atoms with Crippen LogP contribution < -0.4 is 10.5 Å². The van der Waals surface area contributed by atoms with Crippen molar-refractivity contribution in [2.75, 3.05) is 5.73 Å². The fourth-order valence-corrected chi connectivity index (χ4v) is 3.78. The van der Waals surface area contributed by atoms with Gasteiger partial charge >= 0.3 is 0 Å². The lowest BCUT2D eigenvalue weighted by Gasteiger charge is -2.17. The minimum atomic E-state index is -0.327. The molecule has 1 aliphatic rings. The third kappa shape index (κ3) is 3.00. The van der Waals surface area contributed by atoms with Crippen LogP contribution in [-0.4, -0.2) is 19.7 Å². The number of rotatable bonds is 0. The van der Waals surface area contributed by atoms with Gasteiger partial charge in [0.05, 0.1) is 17.6 Å². The molecular formula is C22H18FN5O. The van der Waals surface area contributed by atoms with Crippen molar-refractivity contribution < 1.29 is 9.13 Å². The van der Waals surface area contributed by atoms with E-state index in [1.54, 1.807) is 18.5 Å². The lowest BCUT2D eigenvalue weighted by atomic mass is 9.95. The lowest BCUT2D eigenvalue weighted by molar-refractivity contribution is 0.307. The summed E-state index contributed by atoms with van der Waals surface area (Å²) in [5.41, 5.74) is 12.2. The maximum absolute atomic E-state index is 14.0. The topological polar surface area (TPSA) is 78.9 Å². The largest absolute Gasteiger partial charge is 0.485 e. The standard InChI is InChI=1S/C22H18FN5O/c1-28-21-14(11-27-28)7-13-3-2-6-25-20(13)18-5-4-17(23)8-16(18)12-29-19-9-15(21)10-26-22(19)24/h2-6,8-11H,7,12H2,1H3,(H2,24,26). The van der Waals surface area contributed by atoms with Gasteiger partial charge in [-0.25, -0.2) is 9.37 Å². The third-order valence-corrected chi connectivity index (χ3v) is 5.15. The number of anilines is 1. The summed E-state index contributed by atoms with van der Waals surface area (Å²) >= 11 is 0. The predicted molar refractivity (Wildman–Crippen MR) is 108 cm³/mol. The van der Waals surface area contributed by atoms with Crippen LogP contribution >= 0.6 is 0 Å². The van der Waals surface area contributed by atoms with Crippen molar-refractivity contribution >= 4 is 5.82 Å². The summed E-state index contributed by atoms with van der Waals surface area (Å²) in [5, 5.41) is 4.44. The van der Waals surface area contributed by atoms with E-state index in [0.717, 1.165) is 33.6 Å². The molecule has 0 aliphatic carbocycles. The second-order valence-corrected chi connectivity index (χ2v) is 7.03. The molecule has 1 aromatic carbocycles. The lowest BCUT2D eigenvalue weighted by Crippen LogP contribution is -2.06. The summed E-state index contributed by atoms with van der Waals surface area (Å²) in [7, 11) is 1.89. The summed E-state index contributed by atoms with van der Waals surface area (Å²) in [6.45, 7) is 0.149. The zero-order chi connectivity index (χ0) is 20.0. The molecule has 7 heteroatoms. The van der Waals surface area contributed by atoms with E-state index in [9.17, 15) is 4.39 Å². The molecule has 0 fully saturated rings. The number of nitrogens with two attached hydrogens (primary N) is 1. The fraction of sp³-hybridized carbons (Fsp3) is 0.136. The highest BCUT2D eigenvalue weighted by Gasteiger charge is 2.19. The second-order valence-electron chi connectivity index (χ2n) is 7.03. The van der Waals surface area contributed by atoms with E-state index in [1.807, 2.05) is 36.1 Å². The molecule has 2 N–H and O–H groups in total. The third-order valence-electron chi connectivity index (χ3n) is 5.15. The molecule has 0 amide bonds. The number of nitrogens with zero attached hydrogens (tertiary/aromatic N) is 4. The zero-order valence-corrected chi connectivity index (χ0v) is 15.8. The van der Waals surface area contributed by atoms with E-state index < -0.39 is 0 Å². The molecule has 0 atom stereocenters. The summed E-state index contributed by atoms with van der Waals surface area (Å²) in [6, 6.07) is 10.5. The maximum atomic E-state index is 14.0. The second kappa shape index (κ2) is 6.70. The minimum absolute atomic E-state index is 0.149. The van der Waals surface area contributed by atoms with Crippen LogP contribution in [0.25, 0.3) is 22.5 Å². The van der Waals surface area contributed by atoms with Crippen LogP contribution in [0.3, 0.4) is 0 Å². The summed E-state index contributed by atoms with van der Waals surface area (Å²) in [6.07, 6.45) is 5.93. The molecule has 4 aromatic rings. The number of hydrogen-bond donors (Lipinski definition) is 1. The average Bonchev–Trinajstić information content (AvgIpc) is 3.07. The van der Waals surface area contributed by atoms with Crippen molar-refractivity contribution in [3.63, 3.8) is 0 Å². The quantitative estimate of drug-likeness (QED) is 0.497. The zero-order valence-electron chi connectivity index (χ0n) is 15.8. The van der Waals surface area contributed by atoms with Crippen molar-refractivity contribution in [3.8, 4) is 28.3 Å². The highest BCUT2D eigenvalue weighted by Crippen LogP contribution is 2.34. The van der Waals surface area contributed by atoms with Crippen molar-refractivity contribution in [2.45, 2.75) is 13.0 Å². The maximum Gasteiger partial charge on any atom is 0.166 e. The molecule has 2 bridgehead atoms. The van der Waals surface area contributed by atoms with Gasteiger partial charge in [-0.1, -0.05) is 6.07 Å². The van der Waals surface area contributed by atoms with Gasteiger partial charge in [0.1, 0.15) is 12.4 Å². The summed E-state index contributed by atoms with van der Waals surface area (Å²) in [4.78, 5) is 8.89. The number of benzene rings is 1. The van der Waals surface area contributed by atoms with Gasteiger partial charge in [0.15, 0.2) is 11.6 Å². The molecule has 0 radical (unpaired) electrons. The Morgan fingerprint density at radius 2 is 1.97 bits per heavy atom. The first-order valence-electron chi connectivity index (χ1n) is 9.22. The molecule has 6 nitrogen and oxygen atoms in total. The summed E-state index contributed by atoms with van der Waals surface area (Å²) in [5.74, 6) is 0.406. The molecule has 0 saturated heterocycles. The first-order valence-corrected chi connectivity index (χ1v) is 9.22. The van der Waals surface area contributed by atoms with Crippen LogP contribution in [0.4, 0.5) is 10.2 Å². The van der Waals surface area contributed by atoms with Crippen LogP contribution in [0.1, 0.15) is 16.7 Å². The van der Waals surface area contributed by atoms with Crippen LogP contribution in [0.15, 0.2) is 55.0 Å². The highest BCUT2D eigenvalue weighted by molar-refractivity contribution is 5.71. The number of nitrogen functional groups attached to an aromatic ring is 1. The smallest absolute Gasteiger partial charge is 0.166 e. The number of aryl methyl sites for hydroxylation is 1. The normalized spacial score (nSPS) is 12.6. The number of pyridine rings is 2. The van der Waals surface area contributed by atoms with E-state index in [4.69, 9.17) is 10.5 Å². The molecular weight excluding hydrogens is 369 g/mol. The summed E-state index contributed by atoms with van der Waals surface area (Å²) < 4.78 is 21.8. The van der Waals surface area contributed by atoms with E-state index in [1.165, 1.54) is 12.1 Å². The Morgan fingerprint density at radius 3 is 2.86 bits per heavy atom. The van der Waals surface area contributed by atoms with Gasteiger partial charge in [0.25, 0.3) is 0 Å². The average molecular weight is 387 g/mol. The van der Waals surface area contributed by atoms with Gasteiger partial charge in [-0.3, -0.25) is 9.67 Å². The van der Waals surface area contributed by atoms with Crippen molar-refractivity contribution in [3.05, 3.63) is 77.5 Å². The minimum Gasteiger partial charge on any atom is -0.485 e. The Morgan fingerprint density at radius 1 is 1.07 bits per heavy atom. The monoisotopic (exact) mass is 387 g/mol. The van der Waals surface area contributed by atoms with E-state index in [-0.39, 0.29) is 18.2 Å². The molecule has 3 aromatic heterocycles. The van der Waals surface area contributed by atoms with Gasteiger partial charge in [0.2, 0.25) is 0 Å². The van der Waals surface area contributed by atoms with Gasteiger partial charge in [-0.15, -0.1) is 0 Å². The van der Waals surface area contributed by atoms with Gasteiger partial charge in [0, 0.05) is 48.1 Å². The number of hydrogen-bond acceptors (Lipinski definition) is 5. The number of aromatic nitrogens is 4. The first kappa shape index (κ1) is 17.4. The van der Waals surface area contributed by atoms with E-state index in [0.29, 0.717) is 17.7 Å². The molecule has 0 spiro atoms. The van der Waals surface area contributed by atoms with Gasteiger partial charge < -0.3 is 10.5 Å². The molecule has 0 saturated carbocycles. The Kier molecular flexibility index (Phi) is 4.01. The van der Waals surface area contributed by atoms with Crippen molar-refractivity contribution in [1.82, 2.24) is 19.7 Å². The Bertz CT molecular complexity index is 1230. The molecule has 5 rings (SSSR count). The first-order chi connectivity index (χ1) is 14.1.